The number of aromatic amines is 1. The minimum atomic E-state index is -0.260. The average Bonchev–Trinajstić information content (AvgIpc) is 2.78. The van der Waals surface area contributed by atoms with Crippen molar-refractivity contribution >= 4 is 22.9 Å². The van der Waals surface area contributed by atoms with Crippen molar-refractivity contribution in [1.29, 1.82) is 5.41 Å². The second-order valence-electron chi connectivity index (χ2n) is 3.40. The molecule has 96 valence electrons. The van der Waals surface area contributed by atoms with Gasteiger partial charge in [0.15, 0.2) is 0 Å². The quantitative estimate of drug-likeness (QED) is 0.346. The molecule has 0 aliphatic heterocycles. The van der Waals surface area contributed by atoms with Gasteiger partial charge in [-0.3, -0.25) is 4.98 Å². The SMILES string of the molecule is CSC(=N)[NH2+]c1ncc(-c2ccc(F)cc2)[nH]1.[I-]. The molecule has 0 saturated carbocycles. The van der Waals surface area contributed by atoms with E-state index in [0.29, 0.717) is 11.1 Å². The molecule has 0 atom stereocenters. The summed E-state index contributed by atoms with van der Waals surface area (Å²) in [6, 6.07) is 6.19. The Kier molecular flexibility index (Phi) is 5.76. The van der Waals surface area contributed by atoms with E-state index in [1.165, 1.54) is 23.9 Å². The van der Waals surface area contributed by atoms with E-state index in [9.17, 15) is 4.39 Å². The maximum absolute atomic E-state index is 12.8. The number of quaternary nitrogens is 1. The highest BCUT2D eigenvalue weighted by atomic mass is 127. The zero-order chi connectivity index (χ0) is 12.3. The number of nitrogens with one attached hydrogen (secondary N) is 2. The fourth-order valence-electron chi connectivity index (χ4n) is 1.37. The van der Waals surface area contributed by atoms with Crippen molar-refractivity contribution in [3.63, 3.8) is 0 Å². The standard InChI is InChI=1S/C11H11FN4S.HI/c1-17-10(13)16-11-14-6-9(15-11)7-2-4-8(12)5-3-7;/h2-6H,1H3,(H3,13,14,15,16);1H. The van der Waals surface area contributed by atoms with Crippen LogP contribution >= 0.6 is 11.8 Å². The van der Waals surface area contributed by atoms with Crippen LogP contribution in [-0.4, -0.2) is 21.4 Å². The average molecular weight is 378 g/mol. The van der Waals surface area contributed by atoms with Crippen molar-refractivity contribution in [2.45, 2.75) is 0 Å². The van der Waals surface area contributed by atoms with Gasteiger partial charge >= 0.3 is 5.95 Å². The van der Waals surface area contributed by atoms with Crippen LogP contribution in [0, 0.1) is 11.2 Å². The van der Waals surface area contributed by atoms with Gasteiger partial charge in [-0.1, -0.05) is 0 Å². The Balaban J connectivity index is 0.00000162. The van der Waals surface area contributed by atoms with E-state index in [4.69, 9.17) is 5.41 Å². The number of hydrogen-bond acceptors (Lipinski definition) is 3. The van der Waals surface area contributed by atoms with Crippen LogP contribution in [0.2, 0.25) is 0 Å². The van der Waals surface area contributed by atoms with E-state index in [0.717, 1.165) is 11.3 Å². The molecular formula is C11H12FIN4S. The zero-order valence-corrected chi connectivity index (χ0v) is 12.5. The number of nitrogens with zero attached hydrogens (tertiary/aromatic N) is 1. The second kappa shape index (κ2) is 6.86. The zero-order valence-electron chi connectivity index (χ0n) is 9.58. The van der Waals surface area contributed by atoms with E-state index in [1.54, 1.807) is 23.6 Å². The summed E-state index contributed by atoms with van der Waals surface area (Å²) in [4.78, 5) is 7.21. The molecule has 1 heterocycles. The smallest absolute Gasteiger partial charge is 0.310 e. The van der Waals surface area contributed by atoms with E-state index in [1.807, 2.05) is 6.26 Å². The predicted octanol–water partition coefficient (Wildman–Crippen LogP) is -1.29. The number of aromatic nitrogens is 2. The lowest BCUT2D eigenvalue weighted by molar-refractivity contribution is -0.447. The van der Waals surface area contributed by atoms with Gasteiger partial charge in [-0.25, -0.2) is 15.1 Å². The minimum absolute atomic E-state index is 0. The van der Waals surface area contributed by atoms with E-state index >= 15 is 0 Å². The third kappa shape index (κ3) is 3.79. The molecular weight excluding hydrogens is 366 g/mol. The van der Waals surface area contributed by atoms with E-state index in [2.05, 4.69) is 9.97 Å². The Morgan fingerprint density at radius 3 is 2.67 bits per heavy atom. The van der Waals surface area contributed by atoms with Crippen LogP contribution < -0.4 is 29.3 Å². The molecule has 1 aromatic heterocycles. The van der Waals surface area contributed by atoms with Gasteiger partial charge in [0.2, 0.25) is 0 Å². The molecule has 4 N–H and O–H groups in total. The summed E-state index contributed by atoms with van der Waals surface area (Å²) >= 11 is 1.34. The first-order valence-electron chi connectivity index (χ1n) is 4.97. The van der Waals surface area contributed by atoms with Crippen LogP contribution in [0.15, 0.2) is 30.5 Å². The molecule has 7 heteroatoms. The molecule has 0 spiro atoms. The number of halogens is 2. The van der Waals surface area contributed by atoms with Crippen LogP contribution in [0.5, 0.6) is 0 Å². The van der Waals surface area contributed by atoms with Gasteiger partial charge in [0, 0.05) is 0 Å². The molecule has 0 aliphatic carbocycles. The Morgan fingerprint density at radius 1 is 1.39 bits per heavy atom. The van der Waals surface area contributed by atoms with Gasteiger partial charge < -0.3 is 24.0 Å². The van der Waals surface area contributed by atoms with Crippen LogP contribution in [0.25, 0.3) is 11.3 Å². The molecule has 0 saturated heterocycles. The molecule has 18 heavy (non-hydrogen) atoms. The van der Waals surface area contributed by atoms with Crippen molar-refractivity contribution in [2.24, 2.45) is 0 Å². The first kappa shape index (κ1) is 15.1. The normalized spacial score (nSPS) is 9.89. The Bertz CT molecular complexity index is 526. The third-order valence-electron chi connectivity index (χ3n) is 2.24. The number of hydrogen-bond donors (Lipinski definition) is 3. The van der Waals surface area contributed by atoms with Crippen LogP contribution in [0.3, 0.4) is 0 Å². The number of benzene rings is 1. The van der Waals surface area contributed by atoms with E-state index in [-0.39, 0.29) is 29.8 Å². The molecule has 2 rings (SSSR count). The first-order valence-corrected chi connectivity index (χ1v) is 6.20. The van der Waals surface area contributed by atoms with Crippen molar-refractivity contribution < 1.29 is 33.7 Å². The highest BCUT2D eigenvalue weighted by Crippen LogP contribution is 2.17. The lowest BCUT2D eigenvalue weighted by atomic mass is 10.2. The predicted molar refractivity (Wildman–Crippen MR) is 66.8 cm³/mol. The van der Waals surface area contributed by atoms with E-state index < -0.39 is 0 Å². The minimum Gasteiger partial charge on any atom is -1.00 e. The summed E-state index contributed by atoms with van der Waals surface area (Å²) in [6.45, 7) is 0. The fraction of sp³-hybridized carbons (Fsp3) is 0.0909. The van der Waals surface area contributed by atoms with Crippen molar-refractivity contribution in [2.75, 3.05) is 6.26 Å². The van der Waals surface area contributed by atoms with Gasteiger partial charge in [0.05, 0.1) is 11.9 Å². The Morgan fingerprint density at radius 2 is 2.06 bits per heavy atom. The topological polar surface area (TPSA) is 69.1 Å². The number of nitrogens with two attached hydrogens (primary N) is 1. The molecule has 1 aromatic carbocycles. The molecule has 4 nitrogen and oxygen atoms in total. The highest BCUT2D eigenvalue weighted by molar-refractivity contribution is 8.12. The maximum atomic E-state index is 12.8. The number of amidine groups is 1. The number of H-pyrrole nitrogens is 1. The number of imidazole rings is 1. The number of thioether (sulfide) groups is 1. The van der Waals surface area contributed by atoms with Gasteiger partial charge in [0.1, 0.15) is 5.82 Å². The summed E-state index contributed by atoms with van der Waals surface area (Å²) in [5.74, 6) is 0.368. The molecule has 0 unspecified atom stereocenters. The summed E-state index contributed by atoms with van der Waals surface area (Å²) in [5, 5.41) is 9.60. The van der Waals surface area contributed by atoms with Crippen LogP contribution in [-0.2, 0) is 0 Å². The molecule has 0 radical (unpaired) electrons. The fourth-order valence-corrected chi connectivity index (χ4v) is 1.60. The largest absolute Gasteiger partial charge is 1.00 e. The summed E-state index contributed by atoms with van der Waals surface area (Å²) in [7, 11) is 0. The van der Waals surface area contributed by atoms with Crippen LogP contribution in [0.1, 0.15) is 0 Å². The monoisotopic (exact) mass is 378 g/mol. The van der Waals surface area contributed by atoms with Gasteiger partial charge in [-0.05, 0) is 47.8 Å². The molecule has 2 aromatic rings. The van der Waals surface area contributed by atoms with Crippen molar-refractivity contribution in [3.8, 4) is 11.3 Å². The van der Waals surface area contributed by atoms with Crippen molar-refractivity contribution in [1.82, 2.24) is 9.97 Å². The summed E-state index contributed by atoms with van der Waals surface area (Å²) in [6.07, 6.45) is 3.51. The molecule has 0 fully saturated rings. The summed E-state index contributed by atoms with van der Waals surface area (Å²) in [5.41, 5.74) is 1.68. The Labute approximate surface area is 125 Å². The summed E-state index contributed by atoms with van der Waals surface area (Å²) < 4.78 is 12.8. The lowest BCUT2D eigenvalue weighted by Gasteiger charge is -1.96. The molecule has 0 aliphatic rings. The van der Waals surface area contributed by atoms with Gasteiger partial charge in [-0.15, -0.1) is 0 Å². The highest BCUT2D eigenvalue weighted by Gasteiger charge is 2.08. The third-order valence-corrected chi connectivity index (χ3v) is 2.80. The van der Waals surface area contributed by atoms with Crippen LogP contribution in [0.4, 0.5) is 10.3 Å². The lowest BCUT2D eigenvalue weighted by Crippen LogP contribution is -3.00. The molecule has 0 amide bonds. The maximum Gasteiger partial charge on any atom is 0.310 e. The van der Waals surface area contributed by atoms with Gasteiger partial charge in [0.25, 0.3) is 5.17 Å². The Hall–Kier alpha value is -0.930. The first-order chi connectivity index (χ1) is 8.19. The second-order valence-corrected chi connectivity index (χ2v) is 4.25. The number of rotatable bonds is 2. The van der Waals surface area contributed by atoms with Gasteiger partial charge in [-0.2, -0.15) is 4.98 Å². The molecule has 0 bridgehead atoms. The van der Waals surface area contributed by atoms with Crippen molar-refractivity contribution in [3.05, 3.63) is 36.3 Å².